The molecule has 1 spiro atoms. The average molecular weight is 296 g/mol. The molecular formula is C19H24N2O. The van der Waals surface area contributed by atoms with Crippen molar-refractivity contribution in [1.82, 2.24) is 9.47 Å². The Bertz CT molecular complexity index is 654. The van der Waals surface area contributed by atoms with Gasteiger partial charge < -0.3 is 14.2 Å². The van der Waals surface area contributed by atoms with Crippen LogP contribution >= 0.6 is 0 Å². The largest absolute Gasteiger partial charge is 0.484 e. The summed E-state index contributed by atoms with van der Waals surface area (Å²) in [6.07, 6.45) is 7.61. The molecule has 0 N–H and O–H groups in total. The van der Waals surface area contributed by atoms with E-state index in [0.717, 1.165) is 38.1 Å². The molecule has 1 atom stereocenters. The fourth-order valence-electron chi connectivity index (χ4n) is 4.01. The molecule has 0 aliphatic carbocycles. The van der Waals surface area contributed by atoms with Gasteiger partial charge in [0.25, 0.3) is 0 Å². The van der Waals surface area contributed by atoms with Gasteiger partial charge in [0.05, 0.1) is 0 Å². The summed E-state index contributed by atoms with van der Waals surface area (Å²) in [5, 5.41) is 0. The van der Waals surface area contributed by atoms with Crippen LogP contribution in [0.4, 0.5) is 0 Å². The first-order chi connectivity index (χ1) is 10.7. The van der Waals surface area contributed by atoms with E-state index in [-0.39, 0.29) is 5.60 Å². The van der Waals surface area contributed by atoms with Crippen molar-refractivity contribution in [3.63, 3.8) is 0 Å². The van der Waals surface area contributed by atoms with Crippen molar-refractivity contribution in [2.75, 3.05) is 20.1 Å². The first-order valence-electron chi connectivity index (χ1n) is 8.35. The number of likely N-dealkylation sites (tertiary alicyclic amines) is 1. The molecule has 2 aliphatic heterocycles. The molecule has 1 aromatic heterocycles. The highest BCUT2D eigenvalue weighted by atomic mass is 16.5. The third-order valence-corrected chi connectivity index (χ3v) is 5.35. The minimum atomic E-state index is -0.0831. The summed E-state index contributed by atoms with van der Waals surface area (Å²) >= 11 is 0. The number of fused-ring (bicyclic) bond motifs is 1. The second-order valence-electron chi connectivity index (χ2n) is 6.73. The lowest BCUT2D eigenvalue weighted by Crippen LogP contribution is -2.49. The van der Waals surface area contributed by atoms with Crippen molar-refractivity contribution in [2.24, 2.45) is 0 Å². The maximum Gasteiger partial charge on any atom is 0.136 e. The van der Waals surface area contributed by atoms with E-state index in [1.807, 2.05) is 0 Å². The van der Waals surface area contributed by atoms with Gasteiger partial charge in [-0.1, -0.05) is 13.0 Å². The molecule has 0 bridgehead atoms. The zero-order valence-corrected chi connectivity index (χ0v) is 13.5. The van der Waals surface area contributed by atoms with Gasteiger partial charge in [-0.3, -0.25) is 0 Å². The van der Waals surface area contributed by atoms with Crippen molar-refractivity contribution in [2.45, 2.75) is 37.8 Å². The molecule has 3 heterocycles. The lowest BCUT2D eigenvalue weighted by atomic mass is 9.82. The lowest BCUT2D eigenvalue weighted by molar-refractivity contribution is -0.000792. The number of rotatable bonds is 2. The lowest BCUT2D eigenvalue weighted by Gasteiger charge is -2.41. The quantitative estimate of drug-likeness (QED) is 0.844. The van der Waals surface area contributed by atoms with E-state index in [1.165, 1.54) is 11.1 Å². The van der Waals surface area contributed by atoms with Gasteiger partial charge in [0.2, 0.25) is 0 Å². The predicted molar refractivity (Wildman–Crippen MR) is 88.5 cm³/mol. The zero-order valence-electron chi connectivity index (χ0n) is 13.5. The summed E-state index contributed by atoms with van der Waals surface area (Å²) < 4.78 is 8.92. The maximum atomic E-state index is 6.57. The molecule has 3 nitrogen and oxygen atoms in total. The van der Waals surface area contributed by atoms with Gasteiger partial charge in [0.1, 0.15) is 17.4 Å². The fourth-order valence-corrected chi connectivity index (χ4v) is 4.01. The van der Waals surface area contributed by atoms with E-state index < -0.39 is 0 Å². The van der Waals surface area contributed by atoms with Crippen LogP contribution in [0.15, 0.2) is 42.7 Å². The van der Waals surface area contributed by atoms with Gasteiger partial charge in [0, 0.05) is 43.9 Å². The SMILES string of the molecule is CCc1ccc2c(c1)C(n1cccc1)C1(CCN(C)CC1)O2. The van der Waals surface area contributed by atoms with Crippen molar-refractivity contribution in [3.8, 4) is 5.75 Å². The van der Waals surface area contributed by atoms with Gasteiger partial charge in [-0.15, -0.1) is 0 Å². The van der Waals surface area contributed by atoms with Crippen LogP contribution < -0.4 is 4.74 Å². The predicted octanol–water partition coefficient (Wildman–Crippen LogP) is 3.50. The third-order valence-electron chi connectivity index (χ3n) is 5.35. The molecule has 1 unspecified atom stereocenters. The Morgan fingerprint density at radius 1 is 1.18 bits per heavy atom. The Kier molecular flexibility index (Phi) is 3.26. The fraction of sp³-hybridized carbons (Fsp3) is 0.474. The zero-order chi connectivity index (χ0) is 15.2. The monoisotopic (exact) mass is 296 g/mol. The summed E-state index contributed by atoms with van der Waals surface area (Å²) in [5.41, 5.74) is 2.67. The highest BCUT2D eigenvalue weighted by Gasteiger charge is 2.50. The molecule has 1 aromatic carbocycles. The molecule has 116 valence electrons. The second kappa shape index (κ2) is 5.17. The van der Waals surface area contributed by atoms with E-state index in [9.17, 15) is 0 Å². The van der Waals surface area contributed by atoms with Crippen LogP contribution in [0, 0.1) is 0 Å². The summed E-state index contributed by atoms with van der Waals surface area (Å²) in [4.78, 5) is 2.40. The average Bonchev–Trinajstić information content (AvgIpc) is 3.15. The van der Waals surface area contributed by atoms with Crippen LogP contribution in [0.5, 0.6) is 5.75 Å². The topological polar surface area (TPSA) is 17.4 Å². The Morgan fingerprint density at radius 3 is 2.59 bits per heavy atom. The Balaban J connectivity index is 1.81. The number of aromatic nitrogens is 1. The first kappa shape index (κ1) is 13.9. The van der Waals surface area contributed by atoms with Gasteiger partial charge >= 0.3 is 0 Å². The van der Waals surface area contributed by atoms with Crippen LogP contribution in [0.1, 0.15) is 36.9 Å². The summed E-state index contributed by atoms with van der Waals surface area (Å²) in [5.74, 6) is 1.08. The summed E-state index contributed by atoms with van der Waals surface area (Å²) in [6.45, 7) is 4.42. The standard InChI is InChI=1S/C19H24N2O/c1-3-15-6-7-17-16(14-15)18(21-10-4-5-11-21)19(22-17)8-12-20(2)13-9-19/h4-7,10-11,14,18H,3,8-9,12-13H2,1-2H3. The van der Waals surface area contributed by atoms with Crippen LogP contribution in [-0.4, -0.2) is 35.2 Å². The van der Waals surface area contributed by atoms with E-state index in [0.29, 0.717) is 6.04 Å². The Labute approximate surface area is 132 Å². The smallest absolute Gasteiger partial charge is 0.136 e. The number of benzene rings is 1. The maximum absolute atomic E-state index is 6.57. The molecule has 1 fully saturated rings. The Hall–Kier alpha value is -1.74. The van der Waals surface area contributed by atoms with Gasteiger partial charge in [-0.2, -0.15) is 0 Å². The van der Waals surface area contributed by atoms with Crippen LogP contribution in [-0.2, 0) is 6.42 Å². The highest BCUT2D eigenvalue weighted by molar-refractivity contribution is 5.46. The van der Waals surface area contributed by atoms with Gasteiger partial charge in [-0.05, 0) is 43.3 Å². The molecule has 2 aromatic rings. The molecule has 0 amide bonds. The molecule has 22 heavy (non-hydrogen) atoms. The molecule has 4 rings (SSSR count). The first-order valence-corrected chi connectivity index (χ1v) is 8.35. The van der Waals surface area contributed by atoms with Crippen molar-refractivity contribution < 1.29 is 4.74 Å². The van der Waals surface area contributed by atoms with Gasteiger partial charge in [0.15, 0.2) is 0 Å². The second-order valence-corrected chi connectivity index (χ2v) is 6.73. The Morgan fingerprint density at radius 2 is 1.91 bits per heavy atom. The number of hydrogen-bond acceptors (Lipinski definition) is 2. The van der Waals surface area contributed by atoms with Crippen LogP contribution in [0.3, 0.4) is 0 Å². The van der Waals surface area contributed by atoms with Crippen LogP contribution in [0.25, 0.3) is 0 Å². The number of nitrogens with zero attached hydrogens (tertiary/aromatic N) is 2. The van der Waals surface area contributed by atoms with Crippen molar-refractivity contribution in [3.05, 3.63) is 53.9 Å². The van der Waals surface area contributed by atoms with Crippen molar-refractivity contribution >= 4 is 0 Å². The minimum Gasteiger partial charge on any atom is -0.484 e. The highest BCUT2D eigenvalue weighted by Crippen LogP contribution is 2.50. The number of aryl methyl sites for hydroxylation is 1. The molecule has 3 heteroatoms. The van der Waals surface area contributed by atoms with E-state index >= 15 is 0 Å². The normalized spacial score (nSPS) is 23.5. The van der Waals surface area contributed by atoms with E-state index in [4.69, 9.17) is 4.74 Å². The molecule has 0 saturated carbocycles. The van der Waals surface area contributed by atoms with E-state index in [2.05, 4.69) is 66.2 Å². The van der Waals surface area contributed by atoms with E-state index in [1.54, 1.807) is 0 Å². The number of hydrogen-bond donors (Lipinski definition) is 0. The summed E-state index contributed by atoms with van der Waals surface area (Å²) in [7, 11) is 2.20. The van der Waals surface area contributed by atoms with Gasteiger partial charge in [-0.25, -0.2) is 0 Å². The van der Waals surface area contributed by atoms with Crippen LogP contribution in [0.2, 0.25) is 0 Å². The molecule has 1 saturated heterocycles. The minimum absolute atomic E-state index is 0.0831. The number of ether oxygens (including phenoxy) is 1. The molecular weight excluding hydrogens is 272 g/mol. The third kappa shape index (κ3) is 2.07. The number of piperidine rings is 1. The summed E-state index contributed by atoms with van der Waals surface area (Å²) in [6, 6.07) is 11.3. The molecule has 2 aliphatic rings. The molecule has 0 radical (unpaired) electrons. The van der Waals surface area contributed by atoms with Crippen molar-refractivity contribution in [1.29, 1.82) is 0 Å².